The van der Waals surface area contributed by atoms with E-state index in [4.69, 9.17) is 4.74 Å². The summed E-state index contributed by atoms with van der Waals surface area (Å²) in [5.41, 5.74) is 5.97. The van der Waals surface area contributed by atoms with Crippen molar-refractivity contribution in [2.75, 3.05) is 6.61 Å². The summed E-state index contributed by atoms with van der Waals surface area (Å²) < 4.78 is 6.69. The molecule has 4 rings (SSSR count). The summed E-state index contributed by atoms with van der Waals surface area (Å²) in [5, 5.41) is 2.83. The van der Waals surface area contributed by atoms with Gasteiger partial charge in [-0.3, -0.25) is 0 Å². The molecule has 0 bridgehead atoms. The zero-order valence-corrected chi connectivity index (χ0v) is 16.3. The molecule has 0 saturated carbocycles. The van der Waals surface area contributed by atoms with Gasteiger partial charge in [-0.15, -0.1) is 0 Å². The van der Waals surface area contributed by atoms with Gasteiger partial charge in [0.2, 0.25) is 0 Å². The van der Waals surface area contributed by atoms with E-state index in [1.165, 1.54) is 22.3 Å². The molecule has 26 heavy (non-hydrogen) atoms. The van der Waals surface area contributed by atoms with E-state index in [0.29, 0.717) is 13.2 Å². The molecule has 4 heteroatoms. The Kier molecular flexibility index (Phi) is 4.93. The van der Waals surface area contributed by atoms with Crippen molar-refractivity contribution in [1.29, 1.82) is 0 Å². The standard InChI is InChI=1S/C22H18INO2/c23-16-7-5-6-15(12-16)13-24-22(25)26-14-21-19-10-3-1-8-17(19)18-9-2-4-11-20(18)21/h1-12,21H,13-14H2,(H,24,25). The van der Waals surface area contributed by atoms with Crippen molar-refractivity contribution in [3.63, 3.8) is 0 Å². The van der Waals surface area contributed by atoms with Gasteiger partial charge in [0.15, 0.2) is 0 Å². The number of amides is 1. The monoisotopic (exact) mass is 455 g/mol. The number of rotatable bonds is 4. The van der Waals surface area contributed by atoms with E-state index in [9.17, 15) is 4.79 Å². The number of hydrogen-bond donors (Lipinski definition) is 1. The zero-order chi connectivity index (χ0) is 17.9. The number of nitrogens with one attached hydrogen (secondary N) is 1. The van der Waals surface area contributed by atoms with E-state index in [1.54, 1.807) is 0 Å². The summed E-state index contributed by atoms with van der Waals surface area (Å²) in [6, 6.07) is 24.7. The van der Waals surface area contributed by atoms with Crippen LogP contribution in [0, 0.1) is 3.57 Å². The minimum absolute atomic E-state index is 0.0887. The Morgan fingerprint density at radius 1 is 0.923 bits per heavy atom. The Labute approximate surface area is 166 Å². The normalized spacial score (nSPS) is 12.3. The topological polar surface area (TPSA) is 38.3 Å². The molecule has 0 saturated heterocycles. The van der Waals surface area contributed by atoms with Gasteiger partial charge in [-0.1, -0.05) is 60.7 Å². The van der Waals surface area contributed by atoms with E-state index in [2.05, 4.69) is 52.2 Å². The van der Waals surface area contributed by atoms with Gasteiger partial charge in [0.25, 0.3) is 0 Å². The predicted octanol–water partition coefficient (Wildman–Crippen LogP) is 5.33. The van der Waals surface area contributed by atoms with Gasteiger partial charge in [0.05, 0.1) is 0 Å². The molecule has 1 aliphatic carbocycles. The first-order valence-electron chi connectivity index (χ1n) is 8.55. The Hall–Kier alpha value is -2.34. The van der Waals surface area contributed by atoms with E-state index in [-0.39, 0.29) is 12.0 Å². The van der Waals surface area contributed by atoms with Crippen LogP contribution in [0.3, 0.4) is 0 Å². The molecule has 0 atom stereocenters. The third-order valence-corrected chi connectivity index (χ3v) is 5.34. The number of hydrogen-bond acceptors (Lipinski definition) is 2. The van der Waals surface area contributed by atoms with Crippen molar-refractivity contribution in [2.45, 2.75) is 12.5 Å². The molecule has 0 heterocycles. The van der Waals surface area contributed by atoms with Crippen LogP contribution in [0.2, 0.25) is 0 Å². The number of ether oxygens (including phenoxy) is 1. The van der Waals surface area contributed by atoms with Crippen LogP contribution in [0.1, 0.15) is 22.6 Å². The van der Waals surface area contributed by atoms with E-state index in [0.717, 1.165) is 9.13 Å². The highest BCUT2D eigenvalue weighted by Gasteiger charge is 2.28. The SMILES string of the molecule is O=C(NCc1cccc(I)c1)OCC1c2ccccc2-c2ccccc21. The van der Waals surface area contributed by atoms with Crippen molar-refractivity contribution in [3.8, 4) is 11.1 Å². The lowest BCUT2D eigenvalue weighted by Crippen LogP contribution is -2.25. The second kappa shape index (κ2) is 7.50. The smallest absolute Gasteiger partial charge is 0.407 e. The minimum atomic E-state index is -0.384. The molecule has 0 unspecified atom stereocenters. The number of carbonyl (C=O) groups excluding carboxylic acids is 1. The van der Waals surface area contributed by atoms with Crippen molar-refractivity contribution >= 4 is 28.7 Å². The van der Waals surface area contributed by atoms with Crippen LogP contribution in [-0.4, -0.2) is 12.7 Å². The van der Waals surface area contributed by atoms with Crippen LogP contribution < -0.4 is 5.32 Å². The molecule has 0 radical (unpaired) electrons. The van der Waals surface area contributed by atoms with Gasteiger partial charge in [0, 0.05) is 16.0 Å². The van der Waals surface area contributed by atoms with Crippen LogP contribution in [-0.2, 0) is 11.3 Å². The lowest BCUT2D eigenvalue weighted by atomic mass is 9.98. The van der Waals surface area contributed by atoms with Crippen LogP contribution in [0.5, 0.6) is 0 Å². The fraction of sp³-hybridized carbons (Fsp3) is 0.136. The lowest BCUT2D eigenvalue weighted by molar-refractivity contribution is 0.142. The largest absolute Gasteiger partial charge is 0.449 e. The molecule has 130 valence electrons. The Morgan fingerprint density at radius 3 is 2.23 bits per heavy atom. The highest BCUT2D eigenvalue weighted by molar-refractivity contribution is 14.1. The molecule has 0 fully saturated rings. The highest BCUT2D eigenvalue weighted by atomic mass is 127. The Morgan fingerprint density at radius 2 is 1.58 bits per heavy atom. The van der Waals surface area contributed by atoms with Crippen molar-refractivity contribution in [3.05, 3.63) is 93.1 Å². The van der Waals surface area contributed by atoms with E-state index in [1.807, 2.05) is 48.5 Å². The van der Waals surface area contributed by atoms with Gasteiger partial charge in [-0.2, -0.15) is 0 Å². The summed E-state index contributed by atoms with van der Waals surface area (Å²) in [7, 11) is 0. The molecule has 3 nitrogen and oxygen atoms in total. The fourth-order valence-electron chi connectivity index (χ4n) is 3.47. The molecule has 1 aliphatic rings. The maximum atomic E-state index is 12.1. The van der Waals surface area contributed by atoms with E-state index < -0.39 is 0 Å². The summed E-state index contributed by atoms with van der Waals surface area (Å²) in [5.74, 6) is 0.0887. The predicted molar refractivity (Wildman–Crippen MR) is 111 cm³/mol. The first kappa shape index (κ1) is 17.1. The van der Waals surface area contributed by atoms with Gasteiger partial charge >= 0.3 is 6.09 Å². The maximum absolute atomic E-state index is 12.1. The molecular weight excluding hydrogens is 437 g/mol. The average molecular weight is 455 g/mol. The molecule has 3 aromatic rings. The second-order valence-corrected chi connectivity index (χ2v) is 7.55. The number of halogens is 1. The lowest BCUT2D eigenvalue weighted by Gasteiger charge is -2.14. The first-order valence-corrected chi connectivity index (χ1v) is 9.63. The van der Waals surface area contributed by atoms with Gasteiger partial charge in [0.1, 0.15) is 6.61 Å². The summed E-state index contributed by atoms with van der Waals surface area (Å²) >= 11 is 2.26. The second-order valence-electron chi connectivity index (χ2n) is 6.31. The van der Waals surface area contributed by atoms with Gasteiger partial charge in [-0.25, -0.2) is 4.79 Å². The molecule has 1 amide bonds. The number of fused-ring (bicyclic) bond motifs is 3. The zero-order valence-electron chi connectivity index (χ0n) is 14.1. The van der Waals surface area contributed by atoms with Crippen LogP contribution in [0.4, 0.5) is 4.79 Å². The third kappa shape index (κ3) is 3.46. The van der Waals surface area contributed by atoms with Crippen molar-refractivity contribution in [1.82, 2.24) is 5.32 Å². The Bertz CT molecular complexity index is 909. The van der Waals surface area contributed by atoms with Crippen LogP contribution >= 0.6 is 22.6 Å². The minimum Gasteiger partial charge on any atom is -0.449 e. The maximum Gasteiger partial charge on any atom is 0.407 e. The van der Waals surface area contributed by atoms with Crippen LogP contribution in [0.15, 0.2) is 72.8 Å². The van der Waals surface area contributed by atoms with Crippen LogP contribution in [0.25, 0.3) is 11.1 Å². The summed E-state index contributed by atoms with van der Waals surface area (Å²) in [6.07, 6.45) is -0.384. The first-order chi connectivity index (χ1) is 12.7. The molecule has 0 aliphatic heterocycles. The molecule has 0 spiro atoms. The number of carbonyl (C=O) groups is 1. The summed E-state index contributed by atoms with van der Waals surface area (Å²) in [6.45, 7) is 0.805. The molecule has 3 aromatic carbocycles. The molecule has 0 aromatic heterocycles. The number of alkyl carbamates (subject to hydrolysis) is 1. The van der Waals surface area contributed by atoms with E-state index >= 15 is 0 Å². The average Bonchev–Trinajstić information content (AvgIpc) is 2.99. The summed E-state index contributed by atoms with van der Waals surface area (Å²) in [4.78, 5) is 12.1. The third-order valence-electron chi connectivity index (χ3n) is 4.67. The van der Waals surface area contributed by atoms with Crippen molar-refractivity contribution < 1.29 is 9.53 Å². The molecule has 1 N–H and O–H groups in total. The number of benzene rings is 3. The van der Waals surface area contributed by atoms with Gasteiger partial charge in [-0.05, 0) is 62.5 Å². The highest BCUT2D eigenvalue weighted by Crippen LogP contribution is 2.44. The van der Waals surface area contributed by atoms with Crippen molar-refractivity contribution in [2.24, 2.45) is 0 Å². The quantitative estimate of drug-likeness (QED) is 0.541. The Balaban J connectivity index is 1.42. The van der Waals surface area contributed by atoms with Gasteiger partial charge < -0.3 is 10.1 Å². The fourth-order valence-corrected chi connectivity index (χ4v) is 4.08. The molecular formula is C22H18INO2.